The first-order valence-corrected chi connectivity index (χ1v) is 14.8. The van der Waals surface area contributed by atoms with E-state index in [9.17, 15) is 18.5 Å². The Morgan fingerprint density at radius 3 is 2.03 bits per heavy atom. The predicted molar refractivity (Wildman–Crippen MR) is 145 cm³/mol. The van der Waals surface area contributed by atoms with Crippen LogP contribution in [0, 0.1) is 10.1 Å². The van der Waals surface area contributed by atoms with Gasteiger partial charge in [-0.1, -0.05) is 0 Å². The van der Waals surface area contributed by atoms with Crippen LogP contribution in [-0.4, -0.2) is 61.5 Å². The summed E-state index contributed by atoms with van der Waals surface area (Å²) in [6.45, 7) is 5.60. The minimum Gasteiger partial charge on any atom is -0.488 e. The molecular formula is C25H33N3O8S2. The van der Waals surface area contributed by atoms with Crippen LogP contribution in [0.25, 0.3) is 0 Å². The summed E-state index contributed by atoms with van der Waals surface area (Å²) < 4.78 is 45.8. The van der Waals surface area contributed by atoms with Crippen LogP contribution in [-0.2, 0) is 33.0 Å². The number of rotatable bonds is 13. The summed E-state index contributed by atoms with van der Waals surface area (Å²) in [6.07, 6.45) is 4.04. The van der Waals surface area contributed by atoms with Gasteiger partial charge in [-0.2, -0.15) is 0 Å². The van der Waals surface area contributed by atoms with Gasteiger partial charge in [0, 0.05) is 24.4 Å². The molecule has 13 heteroatoms. The van der Waals surface area contributed by atoms with Gasteiger partial charge in [0.2, 0.25) is 5.82 Å². The predicted octanol–water partition coefficient (Wildman–Crippen LogP) is 4.50. The van der Waals surface area contributed by atoms with E-state index in [2.05, 4.69) is 11.2 Å². The minimum atomic E-state index is -3.25. The number of hydrogen-bond acceptors (Lipinski definition) is 10. The number of nitrogens with zero attached hydrogens (tertiary/aromatic N) is 3. The van der Waals surface area contributed by atoms with Gasteiger partial charge in [-0.3, -0.25) is 0 Å². The average molecular weight is 568 g/mol. The smallest absolute Gasteiger partial charge is 0.342 e. The van der Waals surface area contributed by atoms with Crippen molar-refractivity contribution < 1.29 is 32.3 Å². The largest absolute Gasteiger partial charge is 0.488 e. The third-order valence-electron chi connectivity index (χ3n) is 5.02. The van der Waals surface area contributed by atoms with Crippen LogP contribution >= 0.6 is 11.8 Å². The Balaban J connectivity index is 0.000000273. The van der Waals surface area contributed by atoms with Crippen molar-refractivity contribution in [2.75, 3.05) is 32.3 Å². The molecule has 0 N–H and O–H groups in total. The Kier molecular flexibility index (Phi) is 12.5. The molecule has 0 atom stereocenters. The molecule has 0 fully saturated rings. The van der Waals surface area contributed by atoms with Gasteiger partial charge in [-0.05, 0) is 73.6 Å². The Hall–Kier alpha value is -3.13. The van der Waals surface area contributed by atoms with Crippen LogP contribution in [0.15, 0.2) is 64.5 Å². The van der Waals surface area contributed by atoms with Crippen molar-refractivity contribution in [1.82, 2.24) is 9.55 Å². The molecule has 0 amide bonds. The summed E-state index contributed by atoms with van der Waals surface area (Å²) in [5, 5.41) is 10.7. The second-order valence-corrected chi connectivity index (χ2v) is 10.6. The normalized spacial score (nSPS) is 11.1. The van der Waals surface area contributed by atoms with Crippen LogP contribution in [0.4, 0.5) is 5.82 Å². The van der Waals surface area contributed by atoms with E-state index in [-0.39, 0.29) is 23.6 Å². The van der Waals surface area contributed by atoms with Crippen molar-refractivity contribution in [2.24, 2.45) is 7.05 Å². The Morgan fingerprint density at radius 2 is 1.55 bits per heavy atom. The molecular weight excluding hydrogens is 534 g/mol. The molecule has 38 heavy (non-hydrogen) atoms. The molecule has 208 valence electrons. The molecule has 0 aliphatic rings. The highest BCUT2D eigenvalue weighted by Gasteiger charge is 2.17. The van der Waals surface area contributed by atoms with E-state index >= 15 is 0 Å². The fourth-order valence-electron chi connectivity index (χ4n) is 3.02. The van der Waals surface area contributed by atoms with Gasteiger partial charge in [0.15, 0.2) is 22.7 Å². The molecule has 0 saturated carbocycles. The lowest BCUT2D eigenvalue weighted by molar-refractivity contribution is -0.391. The van der Waals surface area contributed by atoms with E-state index < -0.39 is 14.8 Å². The molecule has 1 heterocycles. The molecule has 0 aliphatic carbocycles. The monoisotopic (exact) mass is 567 g/mol. The number of thioether (sulfide) groups is 1. The standard InChI is InChI=1S/C13H20O3S.C12H13N3O5S/c1-4-14-13(15-5-2)10-16-11-6-8-12(17-3)9-7-11;1-14-11(13-7-12(14)15(16)17)8-20-9-3-5-10(6-4-9)21(2,18)19/h6-9,13H,4-5,10H2,1-3H3;3-7H,8H2,1-2H3. The van der Waals surface area contributed by atoms with Gasteiger partial charge in [-0.15, -0.1) is 11.8 Å². The highest BCUT2D eigenvalue weighted by atomic mass is 32.2. The number of aromatic nitrogens is 2. The summed E-state index contributed by atoms with van der Waals surface area (Å²) in [5.74, 6) is 1.56. The molecule has 11 nitrogen and oxygen atoms in total. The molecule has 0 unspecified atom stereocenters. The van der Waals surface area contributed by atoms with Crippen molar-refractivity contribution >= 4 is 27.4 Å². The van der Waals surface area contributed by atoms with Crippen molar-refractivity contribution in [3.8, 4) is 11.5 Å². The maximum Gasteiger partial charge on any atom is 0.342 e. The summed E-state index contributed by atoms with van der Waals surface area (Å²) >= 11 is 1.71. The lowest BCUT2D eigenvalue weighted by Gasteiger charge is -2.17. The van der Waals surface area contributed by atoms with Crippen LogP contribution in [0.3, 0.4) is 0 Å². The number of imidazole rings is 1. The first kappa shape index (κ1) is 31.1. The van der Waals surface area contributed by atoms with Crippen molar-refractivity contribution in [3.63, 3.8) is 0 Å². The number of nitro groups is 1. The zero-order valence-electron chi connectivity index (χ0n) is 22.0. The Labute approximate surface area is 227 Å². The van der Waals surface area contributed by atoms with Crippen LogP contribution < -0.4 is 9.47 Å². The zero-order valence-corrected chi connectivity index (χ0v) is 23.7. The molecule has 3 rings (SSSR count). The summed E-state index contributed by atoms with van der Waals surface area (Å²) in [7, 11) is -1.72. The summed E-state index contributed by atoms with van der Waals surface area (Å²) in [6, 6.07) is 13.9. The highest BCUT2D eigenvalue weighted by molar-refractivity contribution is 7.98. The van der Waals surface area contributed by atoms with Crippen LogP contribution in [0.5, 0.6) is 11.5 Å². The number of benzene rings is 2. The van der Waals surface area contributed by atoms with Crippen molar-refractivity contribution in [2.45, 2.75) is 36.5 Å². The van der Waals surface area contributed by atoms with Gasteiger partial charge in [0.25, 0.3) is 0 Å². The van der Waals surface area contributed by atoms with E-state index in [1.54, 1.807) is 11.8 Å². The molecule has 2 aromatic carbocycles. The molecule has 1 aromatic heterocycles. The third kappa shape index (κ3) is 9.97. The van der Waals surface area contributed by atoms with E-state index in [0.29, 0.717) is 31.4 Å². The topological polar surface area (TPSA) is 132 Å². The summed E-state index contributed by atoms with van der Waals surface area (Å²) in [5.41, 5.74) is 0. The average Bonchev–Trinajstić information content (AvgIpc) is 3.27. The van der Waals surface area contributed by atoms with E-state index in [4.69, 9.17) is 18.9 Å². The van der Waals surface area contributed by atoms with Gasteiger partial charge in [0.05, 0.1) is 11.9 Å². The molecule has 0 bridgehead atoms. The lowest BCUT2D eigenvalue weighted by atomic mass is 10.3. The Morgan fingerprint density at radius 1 is 1.00 bits per heavy atom. The van der Waals surface area contributed by atoms with E-state index in [1.807, 2.05) is 38.1 Å². The molecule has 0 radical (unpaired) electrons. The van der Waals surface area contributed by atoms with Gasteiger partial charge in [0.1, 0.15) is 24.3 Å². The van der Waals surface area contributed by atoms with Crippen molar-refractivity contribution in [1.29, 1.82) is 0 Å². The van der Waals surface area contributed by atoms with E-state index in [1.165, 1.54) is 40.8 Å². The first-order chi connectivity index (χ1) is 18.1. The molecule has 3 aromatic rings. The number of ether oxygens (including phenoxy) is 4. The van der Waals surface area contributed by atoms with Crippen LogP contribution in [0.2, 0.25) is 0 Å². The van der Waals surface area contributed by atoms with E-state index in [0.717, 1.165) is 18.2 Å². The molecule has 0 saturated heterocycles. The second kappa shape index (κ2) is 15.3. The fourth-order valence-corrected chi connectivity index (χ4v) is 4.06. The van der Waals surface area contributed by atoms with Crippen LogP contribution in [0.1, 0.15) is 19.7 Å². The lowest BCUT2D eigenvalue weighted by Crippen LogP contribution is -2.25. The summed E-state index contributed by atoms with van der Waals surface area (Å²) in [4.78, 5) is 15.5. The zero-order chi connectivity index (χ0) is 28.1. The fraction of sp³-hybridized carbons (Fsp3) is 0.400. The SMILES string of the molecule is CCOC(COc1ccc(SC)cc1)OCC.Cn1c([N+](=O)[O-])cnc1COc1ccc(S(C)(=O)=O)cc1. The highest BCUT2D eigenvalue weighted by Crippen LogP contribution is 2.20. The van der Waals surface area contributed by atoms with Gasteiger partial charge in [-0.25, -0.2) is 18.0 Å². The first-order valence-electron chi connectivity index (χ1n) is 11.7. The number of hydrogen-bond donors (Lipinski definition) is 0. The minimum absolute atomic E-state index is 0.0442. The Bertz CT molecular complexity index is 1240. The van der Waals surface area contributed by atoms with Crippen molar-refractivity contribution in [3.05, 3.63) is 70.7 Å². The second-order valence-electron chi connectivity index (χ2n) is 7.71. The van der Waals surface area contributed by atoms with Gasteiger partial charge >= 0.3 is 5.82 Å². The number of sulfone groups is 1. The quantitative estimate of drug-likeness (QED) is 0.126. The van der Waals surface area contributed by atoms with Gasteiger partial charge < -0.3 is 29.1 Å². The third-order valence-corrected chi connectivity index (χ3v) is 6.89. The molecule has 0 spiro atoms. The molecule has 0 aliphatic heterocycles. The maximum absolute atomic E-state index is 11.3. The maximum atomic E-state index is 11.3.